The number of hydrogen-bond donors (Lipinski definition) is 1. The lowest BCUT2D eigenvalue weighted by molar-refractivity contribution is -0.139. The number of benzene rings is 1. The Bertz CT molecular complexity index is 761. The molecule has 1 aromatic carbocycles. The predicted octanol–water partition coefficient (Wildman–Crippen LogP) is 1.59. The van der Waals surface area contributed by atoms with Gasteiger partial charge >= 0.3 is 0 Å². The smallest absolute Gasteiger partial charge is 0.249 e. The van der Waals surface area contributed by atoms with Gasteiger partial charge in [0.25, 0.3) is 0 Å². The van der Waals surface area contributed by atoms with Gasteiger partial charge in [-0.15, -0.1) is 0 Å². The third kappa shape index (κ3) is 4.33. The Balaban J connectivity index is 1.56. The van der Waals surface area contributed by atoms with Crippen molar-refractivity contribution in [2.24, 2.45) is 0 Å². The molecule has 0 unspecified atom stereocenters. The molecule has 1 N–H and O–H groups in total. The average Bonchev–Trinajstić information content (AvgIpc) is 2.80. The number of nitrogens with zero attached hydrogens (tertiary/aromatic N) is 2. The number of rotatable bonds is 5. The fourth-order valence-corrected chi connectivity index (χ4v) is 2.55. The standard InChI is InChI=1S/C18H19N3O4/c1-24-17-7-6-13(8-19-17)11-25-12-18(23)21-9-14-4-2-3-5-15(14)20-16(22)10-21/h2-8H,9-12H2,1H3,(H,20,22). The highest BCUT2D eigenvalue weighted by Gasteiger charge is 2.22. The first-order chi connectivity index (χ1) is 12.2. The van der Waals surface area contributed by atoms with Crippen molar-refractivity contribution in [1.29, 1.82) is 0 Å². The van der Waals surface area contributed by atoms with Crippen LogP contribution in [-0.4, -0.2) is 42.0 Å². The minimum absolute atomic E-state index is 0.0148. The van der Waals surface area contributed by atoms with E-state index in [2.05, 4.69) is 10.3 Å². The van der Waals surface area contributed by atoms with Crippen molar-refractivity contribution >= 4 is 17.5 Å². The maximum absolute atomic E-state index is 12.4. The summed E-state index contributed by atoms with van der Waals surface area (Å²) >= 11 is 0. The van der Waals surface area contributed by atoms with Crippen LogP contribution in [0.25, 0.3) is 0 Å². The molecule has 1 aromatic heterocycles. The second-order valence-electron chi connectivity index (χ2n) is 5.66. The number of aromatic nitrogens is 1. The van der Waals surface area contributed by atoms with Crippen molar-refractivity contribution in [3.63, 3.8) is 0 Å². The zero-order valence-corrected chi connectivity index (χ0v) is 13.9. The molecule has 1 aliphatic rings. The van der Waals surface area contributed by atoms with Gasteiger partial charge in [-0.3, -0.25) is 9.59 Å². The van der Waals surface area contributed by atoms with Gasteiger partial charge in [0.2, 0.25) is 17.7 Å². The molecule has 25 heavy (non-hydrogen) atoms. The second kappa shape index (κ2) is 7.76. The van der Waals surface area contributed by atoms with E-state index >= 15 is 0 Å². The number of nitrogens with one attached hydrogen (secondary N) is 1. The molecule has 0 radical (unpaired) electrons. The highest BCUT2D eigenvalue weighted by molar-refractivity contribution is 5.96. The minimum Gasteiger partial charge on any atom is -0.481 e. The van der Waals surface area contributed by atoms with Gasteiger partial charge in [0.15, 0.2) is 0 Å². The van der Waals surface area contributed by atoms with Crippen molar-refractivity contribution in [2.45, 2.75) is 13.2 Å². The number of para-hydroxylation sites is 1. The summed E-state index contributed by atoms with van der Waals surface area (Å²) in [5.41, 5.74) is 2.49. The first-order valence-corrected chi connectivity index (χ1v) is 7.88. The van der Waals surface area contributed by atoms with Crippen LogP contribution < -0.4 is 10.1 Å². The van der Waals surface area contributed by atoms with Crippen molar-refractivity contribution in [2.75, 3.05) is 25.6 Å². The summed E-state index contributed by atoms with van der Waals surface area (Å²) in [6.07, 6.45) is 1.64. The summed E-state index contributed by atoms with van der Waals surface area (Å²) < 4.78 is 10.5. The van der Waals surface area contributed by atoms with Crippen LogP contribution in [0, 0.1) is 0 Å². The summed E-state index contributed by atoms with van der Waals surface area (Å²) in [6, 6.07) is 11.0. The Labute approximate surface area is 145 Å². The van der Waals surface area contributed by atoms with Gasteiger partial charge in [0.1, 0.15) is 13.2 Å². The summed E-state index contributed by atoms with van der Waals surface area (Å²) in [5.74, 6) is 0.0834. The number of carbonyl (C=O) groups excluding carboxylic acids is 2. The molecule has 0 atom stereocenters. The number of methoxy groups -OCH3 is 1. The molecule has 0 saturated heterocycles. The third-order valence-electron chi connectivity index (χ3n) is 3.84. The van der Waals surface area contributed by atoms with E-state index in [1.165, 1.54) is 4.90 Å². The fraction of sp³-hybridized carbons (Fsp3) is 0.278. The van der Waals surface area contributed by atoms with Gasteiger partial charge in [-0.1, -0.05) is 18.2 Å². The van der Waals surface area contributed by atoms with Gasteiger partial charge in [-0.05, 0) is 23.3 Å². The zero-order valence-electron chi connectivity index (χ0n) is 13.9. The predicted molar refractivity (Wildman–Crippen MR) is 90.9 cm³/mol. The van der Waals surface area contributed by atoms with Crippen LogP contribution in [0.15, 0.2) is 42.6 Å². The molecule has 7 nitrogen and oxygen atoms in total. The van der Waals surface area contributed by atoms with Gasteiger partial charge in [0.05, 0.1) is 13.7 Å². The largest absolute Gasteiger partial charge is 0.481 e. The van der Waals surface area contributed by atoms with E-state index in [1.54, 1.807) is 19.4 Å². The number of pyridine rings is 1. The number of anilines is 1. The monoisotopic (exact) mass is 341 g/mol. The van der Waals surface area contributed by atoms with Gasteiger partial charge in [-0.25, -0.2) is 4.98 Å². The number of amides is 2. The topological polar surface area (TPSA) is 80.8 Å². The number of hydrogen-bond acceptors (Lipinski definition) is 5. The molecule has 2 amide bonds. The molecule has 0 saturated carbocycles. The Kier molecular flexibility index (Phi) is 5.25. The van der Waals surface area contributed by atoms with Crippen LogP contribution >= 0.6 is 0 Å². The maximum Gasteiger partial charge on any atom is 0.249 e. The van der Waals surface area contributed by atoms with Gasteiger partial charge in [-0.2, -0.15) is 0 Å². The molecular formula is C18H19N3O4. The molecule has 3 rings (SSSR count). The van der Waals surface area contributed by atoms with E-state index in [1.807, 2.05) is 30.3 Å². The molecule has 2 aromatic rings. The lowest BCUT2D eigenvalue weighted by Gasteiger charge is -2.19. The molecule has 7 heteroatoms. The van der Waals surface area contributed by atoms with Crippen molar-refractivity contribution < 1.29 is 19.1 Å². The van der Waals surface area contributed by atoms with Crippen LogP contribution in [0.1, 0.15) is 11.1 Å². The van der Waals surface area contributed by atoms with Crippen molar-refractivity contribution in [3.8, 4) is 5.88 Å². The zero-order chi connectivity index (χ0) is 17.6. The SMILES string of the molecule is COc1ccc(COCC(=O)N2CC(=O)Nc3ccccc3C2)cn1. The molecule has 0 aliphatic carbocycles. The third-order valence-corrected chi connectivity index (χ3v) is 3.84. The van der Waals surface area contributed by atoms with E-state index in [9.17, 15) is 9.59 Å². The Morgan fingerprint density at radius 1 is 1.24 bits per heavy atom. The Morgan fingerprint density at radius 2 is 2.08 bits per heavy atom. The first-order valence-electron chi connectivity index (χ1n) is 7.88. The molecule has 0 spiro atoms. The summed E-state index contributed by atoms with van der Waals surface area (Å²) in [4.78, 5) is 29.9. The van der Waals surface area contributed by atoms with Crippen molar-refractivity contribution in [1.82, 2.24) is 9.88 Å². The fourth-order valence-electron chi connectivity index (χ4n) is 2.55. The summed E-state index contributed by atoms with van der Waals surface area (Å²) in [7, 11) is 1.55. The van der Waals surface area contributed by atoms with Gasteiger partial charge in [0, 0.05) is 24.5 Å². The highest BCUT2D eigenvalue weighted by atomic mass is 16.5. The van der Waals surface area contributed by atoms with Crippen LogP contribution in [0.2, 0.25) is 0 Å². The molecule has 0 bridgehead atoms. The van der Waals surface area contributed by atoms with Crippen molar-refractivity contribution in [3.05, 3.63) is 53.7 Å². The summed E-state index contributed by atoms with van der Waals surface area (Å²) in [6.45, 7) is 0.559. The number of ether oxygens (including phenoxy) is 2. The Morgan fingerprint density at radius 3 is 2.84 bits per heavy atom. The second-order valence-corrected chi connectivity index (χ2v) is 5.66. The van der Waals surface area contributed by atoms with Crippen LogP contribution in [0.5, 0.6) is 5.88 Å². The molecule has 0 fully saturated rings. The van der Waals surface area contributed by atoms with E-state index in [-0.39, 0.29) is 31.6 Å². The normalized spacial score (nSPS) is 13.6. The lowest BCUT2D eigenvalue weighted by atomic mass is 10.2. The maximum atomic E-state index is 12.4. The van der Waals surface area contributed by atoms with E-state index in [0.29, 0.717) is 12.4 Å². The van der Waals surface area contributed by atoms with E-state index in [4.69, 9.17) is 9.47 Å². The average molecular weight is 341 g/mol. The number of fused-ring (bicyclic) bond motifs is 1. The van der Waals surface area contributed by atoms with E-state index < -0.39 is 0 Å². The quantitative estimate of drug-likeness (QED) is 0.893. The molecule has 1 aliphatic heterocycles. The van der Waals surface area contributed by atoms with Crippen LogP contribution in [0.4, 0.5) is 5.69 Å². The van der Waals surface area contributed by atoms with E-state index in [0.717, 1.165) is 16.8 Å². The first kappa shape index (κ1) is 16.9. The lowest BCUT2D eigenvalue weighted by Crippen LogP contribution is -2.37. The Hall–Kier alpha value is -2.93. The highest BCUT2D eigenvalue weighted by Crippen LogP contribution is 2.20. The molecule has 130 valence electrons. The van der Waals surface area contributed by atoms with Crippen LogP contribution in [-0.2, 0) is 27.5 Å². The number of carbonyl (C=O) groups is 2. The van der Waals surface area contributed by atoms with Crippen LogP contribution in [0.3, 0.4) is 0 Å². The summed E-state index contributed by atoms with van der Waals surface area (Å²) in [5, 5.41) is 2.81. The molecular weight excluding hydrogens is 322 g/mol. The molecule has 2 heterocycles. The van der Waals surface area contributed by atoms with Gasteiger partial charge < -0.3 is 19.7 Å². The minimum atomic E-state index is -0.228.